The van der Waals surface area contributed by atoms with Crippen molar-refractivity contribution in [2.75, 3.05) is 5.73 Å². The average molecular weight is 298 g/mol. The Kier molecular flexibility index (Phi) is 5.29. The van der Waals surface area contributed by atoms with Gasteiger partial charge in [0.1, 0.15) is 0 Å². The second-order valence-electron chi connectivity index (χ2n) is 4.60. The van der Waals surface area contributed by atoms with Gasteiger partial charge in [0, 0.05) is 12.2 Å². The van der Waals surface area contributed by atoms with Gasteiger partial charge in [-0.2, -0.15) is 5.10 Å². The number of thiocarbonyl (C=S) groups is 1. The Morgan fingerprint density at radius 1 is 1.14 bits per heavy atom. The number of hydrazone groups is 1. The second kappa shape index (κ2) is 7.40. The second-order valence-corrected chi connectivity index (χ2v) is 5.01. The van der Waals surface area contributed by atoms with E-state index in [1.54, 1.807) is 0 Å². The maximum Gasteiger partial charge on any atom is 0.187 e. The zero-order chi connectivity index (χ0) is 15.1. The highest BCUT2D eigenvalue weighted by Crippen LogP contribution is 2.07. The molecule has 108 valence electrons. The molecule has 0 radical (unpaired) electrons. The third kappa shape index (κ3) is 4.89. The van der Waals surface area contributed by atoms with Gasteiger partial charge in [-0.05, 0) is 42.4 Å². The molecular formula is C16H18N4S. The van der Waals surface area contributed by atoms with Crippen LogP contribution >= 0.6 is 12.2 Å². The quantitative estimate of drug-likeness (QED) is 0.351. The van der Waals surface area contributed by atoms with Crippen molar-refractivity contribution < 1.29 is 0 Å². The lowest BCUT2D eigenvalue weighted by Crippen LogP contribution is -2.32. The summed E-state index contributed by atoms with van der Waals surface area (Å²) in [5.41, 5.74) is 12.3. The molecule has 0 fully saturated rings. The van der Waals surface area contributed by atoms with Crippen LogP contribution < -0.4 is 16.5 Å². The van der Waals surface area contributed by atoms with Crippen LogP contribution in [0, 0.1) is 0 Å². The van der Waals surface area contributed by atoms with Crippen LogP contribution in [0.3, 0.4) is 0 Å². The monoisotopic (exact) mass is 298 g/mol. The Bertz CT molecular complexity index is 638. The fourth-order valence-electron chi connectivity index (χ4n) is 1.78. The van der Waals surface area contributed by atoms with Crippen LogP contribution in [-0.4, -0.2) is 10.8 Å². The highest BCUT2D eigenvalue weighted by molar-refractivity contribution is 7.80. The molecule has 0 bridgehead atoms. The maximum absolute atomic E-state index is 5.75. The summed E-state index contributed by atoms with van der Waals surface area (Å²) in [6.45, 7) is 2.57. The topological polar surface area (TPSA) is 62.4 Å². The Morgan fingerprint density at radius 2 is 1.90 bits per heavy atom. The number of nitrogens with one attached hydrogen (secondary N) is 2. The van der Waals surface area contributed by atoms with Crippen molar-refractivity contribution in [3.8, 4) is 0 Å². The van der Waals surface area contributed by atoms with E-state index in [1.165, 1.54) is 0 Å². The molecule has 4 N–H and O–H groups in total. The molecule has 0 unspecified atom stereocenters. The molecule has 21 heavy (non-hydrogen) atoms. The molecule has 0 saturated heterocycles. The number of nitrogen functional groups attached to an aromatic ring is 1. The lowest BCUT2D eigenvalue weighted by Gasteiger charge is -2.08. The highest BCUT2D eigenvalue weighted by atomic mass is 32.1. The Labute approximate surface area is 130 Å². The van der Waals surface area contributed by atoms with Crippen molar-refractivity contribution in [3.05, 3.63) is 65.7 Å². The highest BCUT2D eigenvalue weighted by Gasteiger charge is 1.99. The maximum atomic E-state index is 5.75. The van der Waals surface area contributed by atoms with E-state index >= 15 is 0 Å². The van der Waals surface area contributed by atoms with E-state index in [0.29, 0.717) is 17.3 Å². The third-order valence-corrected chi connectivity index (χ3v) is 3.16. The first-order chi connectivity index (χ1) is 10.1. The fraction of sp³-hybridized carbons (Fsp3) is 0.125. The normalized spacial score (nSPS) is 11.0. The van der Waals surface area contributed by atoms with Crippen LogP contribution in [-0.2, 0) is 6.54 Å². The number of hydrogen-bond acceptors (Lipinski definition) is 3. The van der Waals surface area contributed by atoms with Gasteiger partial charge in [0.25, 0.3) is 0 Å². The van der Waals surface area contributed by atoms with Crippen molar-refractivity contribution in [3.63, 3.8) is 0 Å². The third-order valence-electron chi connectivity index (χ3n) is 2.93. The summed E-state index contributed by atoms with van der Waals surface area (Å²) in [7, 11) is 0. The van der Waals surface area contributed by atoms with Crippen molar-refractivity contribution >= 4 is 28.7 Å². The minimum atomic E-state index is 0.488. The molecule has 0 amide bonds. The average Bonchev–Trinajstić information content (AvgIpc) is 2.51. The summed E-state index contributed by atoms with van der Waals surface area (Å²) in [6.07, 6.45) is 0. The van der Waals surface area contributed by atoms with Gasteiger partial charge in [0.15, 0.2) is 5.11 Å². The molecule has 0 aliphatic heterocycles. The van der Waals surface area contributed by atoms with E-state index in [2.05, 4.69) is 15.8 Å². The Morgan fingerprint density at radius 3 is 2.62 bits per heavy atom. The number of nitrogens with two attached hydrogens (primary N) is 1. The Balaban J connectivity index is 1.87. The number of rotatable bonds is 4. The minimum Gasteiger partial charge on any atom is -0.399 e. The van der Waals surface area contributed by atoms with Gasteiger partial charge in [-0.25, -0.2) is 0 Å². The Hall–Kier alpha value is -2.40. The van der Waals surface area contributed by atoms with Crippen LogP contribution in [0.1, 0.15) is 18.1 Å². The standard InChI is InChI=1S/C16H18N4S/c1-12(14-8-5-9-15(17)10-14)19-20-16(21)18-11-13-6-3-2-4-7-13/h2-10H,11,17H2,1H3,(H2,18,20,21)/b19-12-. The fourth-order valence-corrected chi connectivity index (χ4v) is 1.90. The van der Waals surface area contributed by atoms with Gasteiger partial charge < -0.3 is 11.1 Å². The number of anilines is 1. The van der Waals surface area contributed by atoms with Crippen molar-refractivity contribution in [1.82, 2.24) is 10.7 Å². The van der Waals surface area contributed by atoms with Gasteiger partial charge in [-0.1, -0.05) is 42.5 Å². The van der Waals surface area contributed by atoms with Crippen LogP contribution in [0.15, 0.2) is 59.7 Å². The van der Waals surface area contributed by atoms with Gasteiger partial charge >= 0.3 is 0 Å². The summed E-state index contributed by atoms with van der Waals surface area (Å²) < 4.78 is 0. The van der Waals surface area contributed by atoms with Crippen molar-refractivity contribution in [1.29, 1.82) is 0 Å². The van der Waals surface area contributed by atoms with Crippen LogP contribution in [0.4, 0.5) is 5.69 Å². The van der Waals surface area contributed by atoms with Gasteiger partial charge in [0.2, 0.25) is 0 Å². The van der Waals surface area contributed by atoms with E-state index in [0.717, 1.165) is 16.8 Å². The number of nitrogens with zero attached hydrogens (tertiary/aromatic N) is 1. The zero-order valence-electron chi connectivity index (χ0n) is 11.8. The van der Waals surface area contributed by atoms with Crippen molar-refractivity contribution in [2.24, 2.45) is 5.10 Å². The molecule has 0 aliphatic carbocycles. The predicted octanol–water partition coefficient (Wildman–Crippen LogP) is 2.66. The first-order valence-corrected chi connectivity index (χ1v) is 7.04. The molecule has 4 nitrogen and oxygen atoms in total. The number of hydrogen-bond donors (Lipinski definition) is 3. The van der Waals surface area contributed by atoms with E-state index < -0.39 is 0 Å². The summed E-state index contributed by atoms with van der Waals surface area (Å²) in [5.74, 6) is 0. The smallest absolute Gasteiger partial charge is 0.187 e. The predicted molar refractivity (Wildman–Crippen MR) is 92.1 cm³/mol. The van der Waals surface area contributed by atoms with Gasteiger partial charge in [0.05, 0.1) is 5.71 Å². The van der Waals surface area contributed by atoms with Gasteiger partial charge in [-0.3, -0.25) is 5.43 Å². The molecule has 0 spiro atoms. The summed E-state index contributed by atoms with van der Waals surface area (Å²) in [6, 6.07) is 17.6. The lowest BCUT2D eigenvalue weighted by molar-refractivity contribution is 0.866. The number of benzene rings is 2. The minimum absolute atomic E-state index is 0.488. The molecule has 2 rings (SSSR count). The molecule has 2 aromatic carbocycles. The molecule has 0 aliphatic rings. The van der Waals surface area contributed by atoms with E-state index in [-0.39, 0.29) is 0 Å². The van der Waals surface area contributed by atoms with Crippen LogP contribution in [0.25, 0.3) is 0 Å². The summed E-state index contributed by atoms with van der Waals surface area (Å²) in [4.78, 5) is 0. The zero-order valence-corrected chi connectivity index (χ0v) is 12.7. The molecular weight excluding hydrogens is 280 g/mol. The van der Waals surface area contributed by atoms with Crippen LogP contribution in [0.5, 0.6) is 0 Å². The summed E-state index contributed by atoms with van der Waals surface area (Å²) >= 11 is 5.19. The first-order valence-electron chi connectivity index (χ1n) is 6.63. The van der Waals surface area contributed by atoms with Crippen LogP contribution in [0.2, 0.25) is 0 Å². The SMILES string of the molecule is C/C(=N/NC(=S)NCc1ccccc1)c1cccc(N)c1. The molecule has 0 saturated carbocycles. The summed E-state index contributed by atoms with van der Waals surface area (Å²) in [5, 5.41) is 7.85. The molecule has 0 aromatic heterocycles. The lowest BCUT2D eigenvalue weighted by atomic mass is 10.1. The van der Waals surface area contributed by atoms with E-state index in [9.17, 15) is 0 Å². The van der Waals surface area contributed by atoms with Gasteiger partial charge in [-0.15, -0.1) is 0 Å². The van der Waals surface area contributed by atoms with E-state index in [1.807, 2.05) is 61.5 Å². The van der Waals surface area contributed by atoms with Crippen molar-refractivity contribution in [2.45, 2.75) is 13.5 Å². The molecule has 2 aromatic rings. The molecule has 0 atom stereocenters. The molecule has 0 heterocycles. The molecule has 5 heteroatoms. The first kappa shape index (κ1) is 15.0. The van der Waals surface area contributed by atoms with E-state index in [4.69, 9.17) is 18.0 Å². The largest absolute Gasteiger partial charge is 0.399 e.